The second-order valence-electron chi connectivity index (χ2n) is 13.8. The number of ether oxygens (including phenoxy) is 1. The van der Waals surface area contributed by atoms with Gasteiger partial charge in [0.2, 0.25) is 5.56 Å². The summed E-state index contributed by atoms with van der Waals surface area (Å²) in [4.78, 5) is 40.9. The molecule has 244 valence electrons. The Labute approximate surface area is 276 Å². The maximum atomic E-state index is 13.8. The quantitative estimate of drug-likeness (QED) is 0.231. The molecular formula is C37H37N7O4. The van der Waals surface area contributed by atoms with Crippen molar-refractivity contribution in [3.63, 3.8) is 0 Å². The van der Waals surface area contributed by atoms with Crippen molar-refractivity contribution in [3.05, 3.63) is 76.1 Å². The second-order valence-corrected chi connectivity index (χ2v) is 13.8. The van der Waals surface area contributed by atoms with Gasteiger partial charge < -0.3 is 34.6 Å². The first-order valence-corrected chi connectivity index (χ1v) is 16.7. The molecule has 6 aromatic rings. The molecule has 2 aromatic carbocycles. The lowest BCUT2D eigenvalue weighted by Gasteiger charge is -2.27. The van der Waals surface area contributed by atoms with E-state index in [1.807, 2.05) is 48.3 Å². The predicted molar refractivity (Wildman–Crippen MR) is 184 cm³/mol. The Bertz CT molecular complexity index is 2350. The average molecular weight is 644 g/mol. The Balaban J connectivity index is 1.15. The SMILES string of the molecule is COc1cc(C(=O)N2CC3CCC2C3N)cc2nc(-c3cc4ccc(-c5ccc6[nH]c(=O)cc(CO)c6c5)nc4n3CC3CC3)n(C)c12. The number of amides is 1. The number of H-pyrrole nitrogens is 1. The van der Waals surface area contributed by atoms with Crippen LogP contribution >= 0.6 is 0 Å². The van der Waals surface area contributed by atoms with Crippen LogP contribution in [0.5, 0.6) is 5.75 Å². The number of carbonyl (C=O) groups is 1. The van der Waals surface area contributed by atoms with E-state index in [0.29, 0.717) is 46.3 Å². The number of aliphatic hydroxyl groups is 1. The van der Waals surface area contributed by atoms with Crippen molar-refractivity contribution in [2.75, 3.05) is 13.7 Å². The van der Waals surface area contributed by atoms with E-state index in [1.165, 1.54) is 18.9 Å². The van der Waals surface area contributed by atoms with Crippen molar-refractivity contribution in [1.29, 1.82) is 0 Å². The molecule has 3 aliphatic rings. The largest absolute Gasteiger partial charge is 0.494 e. The van der Waals surface area contributed by atoms with Gasteiger partial charge in [0, 0.05) is 65.7 Å². The van der Waals surface area contributed by atoms with Crippen LogP contribution in [0.3, 0.4) is 0 Å². The molecule has 0 spiro atoms. The van der Waals surface area contributed by atoms with Crippen molar-refractivity contribution in [3.8, 4) is 28.5 Å². The van der Waals surface area contributed by atoms with Crippen LogP contribution in [-0.4, -0.2) is 65.7 Å². The highest BCUT2D eigenvalue weighted by Gasteiger charge is 2.47. The van der Waals surface area contributed by atoms with Gasteiger partial charge in [-0.25, -0.2) is 9.97 Å². The van der Waals surface area contributed by atoms with Crippen molar-refractivity contribution >= 4 is 38.9 Å². The zero-order valence-electron chi connectivity index (χ0n) is 26.9. The van der Waals surface area contributed by atoms with Crippen LogP contribution < -0.4 is 16.0 Å². The van der Waals surface area contributed by atoms with E-state index in [-0.39, 0.29) is 30.2 Å². The molecular weight excluding hydrogens is 606 g/mol. The second kappa shape index (κ2) is 10.8. The number of pyridine rings is 2. The van der Waals surface area contributed by atoms with Gasteiger partial charge in [-0.3, -0.25) is 9.59 Å². The first-order valence-electron chi connectivity index (χ1n) is 16.7. The first-order chi connectivity index (χ1) is 23.3. The van der Waals surface area contributed by atoms with Gasteiger partial charge in [-0.05, 0) is 85.5 Å². The number of rotatable bonds is 7. The van der Waals surface area contributed by atoms with Gasteiger partial charge in [-0.1, -0.05) is 6.07 Å². The normalized spacial score (nSPS) is 20.5. The number of hydrogen-bond donors (Lipinski definition) is 3. The third-order valence-electron chi connectivity index (χ3n) is 10.8. The third-order valence-corrected chi connectivity index (χ3v) is 10.8. The summed E-state index contributed by atoms with van der Waals surface area (Å²) < 4.78 is 10.2. The molecule has 1 aliphatic heterocycles. The van der Waals surface area contributed by atoms with Crippen molar-refractivity contribution in [2.45, 2.75) is 50.9 Å². The fraction of sp³-hybridized carbons (Fsp3) is 0.351. The maximum Gasteiger partial charge on any atom is 0.254 e. The van der Waals surface area contributed by atoms with E-state index in [9.17, 15) is 14.7 Å². The van der Waals surface area contributed by atoms with Gasteiger partial charge in [-0.2, -0.15) is 0 Å². The number of nitrogens with zero attached hydrogens (tertiary/aromatic N) is 5. The Kier molecular flexibility index (Phi) is 6.54. The van der Waals surface area contributed by atoms with Crippen molar-refractivity contribution in [2.24, 2.45) is 24.6 Å². The van der Waals surface area contributed by atoms with Gasteiger partial charge in [-0.15, -0.1) is 0 Å². The standard InChI is InChI=1S/C37H37N7O4/c1-42-34-28(12-23(14-31(34)48-2)37(47)44-17-22-7-10-29(44)33(22)38)41-36(42)30-13-21-6-8-26(40-35(21)43(30)16-19-3-4-19)20-5-9-27-25(11-20)24(18-45)15-32(46)39-27/h5-6,8-9,11-15,19,22,29,33,45H,3-4,7,10,16-18,38H2,1-2H3,(H,39,46). The summed E-state index contributed by atoms with van der Waals surface area (Å²) in [7, 11) is 3.62. The molecule has 5 heterocycles. The topological polar surface area (TPSA) is 144 Å². The molecule has 0 radical (unpaired) electrons. The molecule has 1 saturated heterocycles. The molecule has 1 amide bonds. The summed E-state index contributed by atoms with van der Waals surface area (Å²) in [6.45, 7) is 1.30. The average Bonchev–Trinajstić information content (AvgIpc) is 3.50. The molecule has 11 nitrogen and oxygen atoms in total. The van der Waals surface area contributed by atoms with E-state index in [4.69, 9.17) is 20.4 Å². The summed E-state index contributed by atoms with van der Waals surface area (Å²) in [5.74, 6) is 2.31. The lowest BCUT2D eigenvalue weighted by atomic mass is 10.0. The molecule has 2 aliphatic carbocycles. The highest BCUT2D eigenvalue weighted by molar-refractivity contribution is 6.00. The zero-order chi connectivity index (χ0) is 32.8. The van der Waals surface area contributed by atoms with Gasteiger partial charge in [0.1, 0.15) is 16.9 Å². The highest BCUT2D eigenvalue weighted by atomic mass is 16.5. The molecule has 4 N–H and O–H groups in total. The molecule has 4 aromatic heterocycles. The summed E-state index contributed by atoms with van der Waals surface area (Å²) >= 11 is 0. The Morgan fingerprint density at radius 1 is 1.06 bits per heavy atom. The van der Waals surface area contributed by atoms with Crippen molar-refractivity contribution in [1.82, 2.24) is 29.0 Å². The number of fused-ring (bicyclic) bond motifs is 5. The molecule has 9 rings (SSSR count). The highest BCUT2D eigenvalue weighted by Crippen LogP contribution is 2.40. The number of aromatic nitrogens is 5. The Hall–Kier alpha value is -5.00. The van der Waals surface area contributed by atoms with E-state index >= 15 is 0 Å². The number of methoxy groups -OCH3 is 1. The van der Waals surface area contributed by atoms with Crippen LogP contribution in [0.25, 0.3) is 55.7 Å². The van der Waals surface area contributed by atoms with E-state index in [2.05, 4.69) is 26.3 Å². The monoisotopic (exact) mass is 643 g/mol. The predicted octanol–water partition coefficient (Wildman–Crippen LogP) is 4.57. The Morgan fingerprint density at radius 3 is 2.65 bits per heavy atom. The number of aromatic amines is 1. The number of nitrogens with one attached hydrogen (secondary N) is 1. The van der Waals surface area contributed by atoms with E-state index < -0.39 is 0 Å². The third kappa shape index (κ3) is 4.48. The number of hydrogen-bond acceptors (Lipinski definition) is 7. The lowest BCUT2D eigenvalue weighted by Crippen LogP contribution is -2.41. The molecule has 3 unspecified atom stereocenters. The van der Waals surface area contributed by atoms with E-state index in [1.54, 1.807) is 7.11 Å². The summed E-state index contributed by atoms with van der Waals surface area (Å²) in [6, 6.07) is 17.3. The van der Waals surface area contributed by atoms with Gasteiger partial charge in [0.15, 0.2) is 5.82 Å². The minimum atomic E-state index is -0.241. The van der Waals surface area contributed by atoms with Gasteiger partial charge >= 0.3 is 0 Å². The number of aryl methyl sites for hydroxylation is 1. The molecule has 3 fully saturated rings. The van der Waals surface area contributed by atoms with E-state index in [0.717, 1.165) is 64.1 Å². The lowest BCUT2D eigenvalue weighted by molar-refractivity contribution is 0.0700. The number of aliphatic hydroxyl groups excluding tert-OH is 1. The molecule has 2 saturated carbocycles. The van der Waals surface area contributed by atoms with Crippen LogP contribution in [0, 0.1) is 11.8 Å². The summed E-state index contributed by atoms with van der Waals surface area (Å²) in [6.07, 6.45) is 4.39. The molecule has 48 heavy (non-hydrogen) atoms. The van der Waals surface area contributed by atoms with Crippen LogP contribution in [0.4, 0.5) is 0 Å². The summed E-state index contributed by atoms with van der Waals surface area (Å²) in [5, 5.41) is 11.7. The first kappa shape index (κ1) is 29.2. The number of carbonyl (C=O) groups excluding carboxylic acids is 1. The van der Waals surface area contributed by atoms with Gasteiger partial charge in [0.05, 0.1) is 30.6 Å². The minimum Gasteiger partial charge on any atom is -0.494 e. The molecule has 3 atom stereocenters. The van der Waals surface area contributed by atoms with Crippen molar-refractivity contribution < 1.29 is 14.6 Å². The number of nitrogens with two attached hydrogens (primary N) is 1. The fourth-order valence-corrected chi connectivity index (χ4v) is 8.10. The number of imidazole rings is 1. The molecule has 2 bridgehead atoms. The van der Waals surface area contributed by atoms with Crippen LogP contribution in [0.2, 0.25) is 0 Å². The van der Waals surface area contributed by atoms with Gasteiger partial charge in [0.25, 0.3) is 5.91 Å². The number of benzene rings is 2. The number of likely N-dealkylation sites (tertiary alicyclic amines) is 1. The fourth-order valence-electron chi connectivity index (χ4n) is 8.10. The number of piperidine rings is 1. The maximum absolute atomic E-state index is 13.8. The minimum absolute atomic E-state index is 0.0178. The summed E-state index contributed by atoms with van der Waals surface area (Å²) in [5.41, 5.74) is 13.1. The smallest absolute Gasteiger partial charge is 0.254 e. The van der Waals surface area contributed by atoms with Crippen LogP contribution in [0.15, 0.2) is 59.4 Å². The van der Waals surface area contributed by atoms with Crippen LogP contribution in [-0.2, 0) is 20.2 Å². The zero-order valence-corrected chi connectivity index (χ0v) is 26.9. The van der Waals surface area contributed by atoms with Crippen LogP contribution in [0.1, 0.15) is 41.6 Å². The Morgan fingerprint density at radius 2 is 1.92 bits per heavy atom. The molecule has 11 heteroatoms.